The van der Waals surface area contributed by atoms with Gasteiger partial charge in [0.1, 0.15) is 16.5 Å². The maximum atomic E-state index is 12.7. The van der Waals surface area contributed by atoms with Crippen LogP contribution in [0.25, 0.3) is 5.57 Å². The molecule has 0 unspecified atom stereocenters. The predicted octanol–water partition coefficient (Wildman–Crippen LogP) is 6.54. The van der Waals surface area contributed by atoms with Crippen molar-refractivity contribution in [2.24, 2.45) is 0 Å². The molecule has 1 amide bonds. The minimum atomic E-state index is -4.41. The normalized spacial score (nSPS) is 11.9. The topological polar surface area (TPSA) is 60.5 Å². The number of aryl methyl sites for hydroxylation is 1. The summed E-state index contributed by atoms with van der Waals surface area (Å²) in [6.07, 6.45) is -3.12. The van der Waals surface area contributed by atoms with Gasteiger partial charge in [0.15, 0.2) is 0 Å². The zero-order chi connectivity index (χ0) is 22.6. The molecule has 0 aliphatic heterocycles. The number of amides is 1. The molecule has 0 fully saturated rings. The van der Waals surface area contributed by atoms with Gasteiger partial charge in [-0.25, -0.2) is 0 Å². The molecule has 31 heavy (non-hydrogen) atoms. The third kappa shape index (κ3) is 5.56. The van der Waals surface area contributed by atoms with Crippen molar-refractivity contribution in [3.63, 3.8) is 0 Å². The second-order valence-electron chi connectivity index (χ2n) is 6.28. The Hall–Kier alpha value is -3.04. The lowest BCUT2D eigenvalue weighted by Gasteiger charge is -2.11. The first-order valence-corrected chi connectivity index (χ1v) is 9.96. The monoisotopic (exact) mass is 468 g/mol. The number of anilines is 1. The number of hydrogen-bond acceptors (Lipinski definition) is 5. The van der Waals surface area contributed by atoms with Gasteiger partial charge >= 0.3 is 6.18 Å². The fraction of sp³-hybridized carbons (Fsp3) is 0.143. The third-order valence-electron chi connectivity index (χ3n) is 4.08. The summed E-state index contributed by atoms with van der Waals surface area (Å²) in [7, 11) is 1.42. The number of carbonyl (C=O) groups excluding carboxylic acids is 1. The molecule has 0 spiro atoms. The summed E-state index contributed by atoms with van der Waals surface area (Å²) in [5, 5.41) is 3.50. The number of hydrogen-bond donors (Lipinski definition) is 1. The summed E-state index contributed by atoms with van der Waals surface area (Å²) in [5.41, 5.74) is 0.637. The van der Waals surface area contributed by atoms with Crippen LogP contribution in [0.15, 0.2) is 54.8 Å². The molecule has 1 aromatic heterocycles. The van der Waals surface area contributed by atoms with Gasteiger partial charge in [0.2, 0.25) is 0 Å². The van der Waals surface area contributed by atoms with Gasteiger partial charge in [-0.3, -0.25) is 4.79 Å². The maximum absolute atomic E-state index is 12.7. The average Bonchev–Trinajstić information content (AvgIpc) is 3.04. The summed E-state index contributed by atoms with van der Waals surface area (Å²) in [4.78, 5) is 12.7. The van der Waals surface area contributed by atoms with E-state index in [4.69, 9.17) is 21.1 Å². The van der Waals surface area contributed by atoms with Crippen molar-refractivity contribution in [1.82, 2.24) is 4.37 Å². The summed E-state index contributed by atoms with van der Waals surface area (Å²) >= 11 is 7.19. The number of rotatable bonds is 6. The SMILES string of the molecule is CO/C=C(/C(=O)Nc1snc(C)c1Cl)c1ccc(Oc2ccc(C(F)(F)F)cc2)cc1. The number of nitrogens with zero attached hydrogens (tertiary/aromatic N) is 1. The van der Waals surface area contributed by atoms with E-state index in [-0.39, 0.29) is 11.3 Å². The van der Waals surface area contributed by atoms with E-state index < -0.39 is 17.6 Å². The van der Waals surface area contributed by atoms with Crippen LogP contribution in [-0.2, 0) is 15.7 Å². The molecule has 0 atom stereocenters. The van der Waals surface area contributed by atoms with Crippen molar-refractivity contribution < 1.29 is 27.4 Å². The summed E-state index contributed by atoms with van der Waals surface area (Å²) in [6.45, 7) is 1.73. The molecule has 3 rings (SSSR count). The van der Waals surface area contributed by atoms with Crippen LogP contribution in [0.5, 0.6) is 11.5 Å². The van der Waals surface area contributed by atoms with Crippen LogP contribution in [0.2, 0.25) is 5.02 Å². The molecule has 3 aromatic rings. The number of benzene rings is 2. The molecule has 2 aromatic carbocycles. The lowest BCUT2D eigenvalue weighted by molar-refractivity contribution is -0.137. The van der Waals surface area contributed by atoms with E-state index >= 15 is 0 Å². The van der Waals surface area contributed by atoms with Crippen molar-refractivity contribution in [3.05, 3.63) is 76.6 Å². The Labute approximate surface area is 185 Å². The smallest absolute Gasteiger partial charge is 0.416 e. The van der Waals surface area contributed by atoms with Crippen molar-refractivity contribution in [2.45, 2.75) is 13.1 Å². The molecule has 5 nitrogen and oxygen atoms in total. The van der Waals surface area contributed by atoms with Gasteiger partial charge in [0, 0.05) is 0 Å². The molecule has 10 heteroatoms. The number of aromatic nitrogens is 1. The van der Waals surface area contributed by atoms with Gasteiger partial charge in [0.05, 0.1) is 35.2 Å². The van der Waals surface area contributed by atoms with Gasteiger partial charge < -0.3 is 14.8 Å². The zero-order valence-corrected chi connectivity index (χ0v) is 17.9. The molecule has 0 bridgehead atoms. The molecule has 162 valence electrons. The number of ether oxygens (including phenoxy) is 2. The van der Waals surface area contributed by atoms with Gasteiger partial charge in [-0.05, 0) is 60.4 Å². The minimum absolute atomic E-state index is 0.241. The lowest BCUT2D eigenvalue weighted by atomic mass is 10.1. The fourth-order valence-corrected chi connectivity index (χ4v) is 3.46. The van der Waals surface area contributed by atoms with Crippen molar-refractivity contribution in [3.8, 4) is 11.5 Å². The van der Waals surface area contributed by atoms with Gasteiger partial charge in [0.25, 0.3) is 5.91 Å². The average molecular weight is 469 g/mol. The number of halogens is 4. The van der Waals surface area contributed by atoms with Crippen LogP contribution in [0, 0.1) is 6.92 Å². The molecule has 0 radical (unpaired) electrons. The minimum Gasteiger partial charge on any atom is -0.504 e. The highest BCUT2D eigenvalue weighted by atomic mass is 35.5. The van der Waals surface area contributed by atoms with Crippen LogP contribution in [0.4, 0.5) is 18.2 Å². The molecule has 0 saturated carbocycles. The Kier molecular flexibility index (Phi) is 6.87. The van der Waals surface area contributed by atoms with Gasteiger partial charge in [-0.1, -0.05) is 23.7 Å². The van der Waals surface area contributed by atoms with Crippen LogP contribution in [0.1, 0.15) is 16.8 Å². The molecule has 1 N–H and O–H groups in total. The van der Waals surface area contributed by atoms with E-state index in [1.54, 1.807) is 31.2 Å². The highest BCUT2D eigenvalue weighted by Crippen LogP contribution is 2.33. The van der Waals surface area contributed by atoms with Crippen LogP contribution >= 0.6 is 23.1 Å². The fourth-order valence-electron chi connectivity index (χ4n) is 2.53. The van der Waals surface area contributed by atoms with E-state index in [9.17, 15) is 18.0 Å². The first-order valence-electron chi connectivity index (χ1n) is 8.80. The Morgan fingerprint density at radius 1 is 1.10 bits per heavy atom. The van der Waals surface area contributed by atoms with Gasteiger partial charge in [-0.2, -0.15) is 17.5 Å². The van der Waals surface area contributed by atoms with Crippen molar-refractivity contribution >= 4 is 39.6 Å². The Bertz CT molecular complexity index is 1090. The molecule has 0 aliphatic rings. The first kappa shape index (κ1) is 22.6. The largest absolute Gasteiger partial charge is 0.504 e. The highest BCUT2D eigenvalue weighted by molar-refractivity contribution is 7.11. The van der Waals surface area contributed by atoms with Crippen LogP contribution < -0.4 is 10.1 Å². The maximum Gasteiger partial charge on any atom is 0.416 e. The second-order valence-corrected chi connectivity index (χ2v) is 7.43. The van der Waals surface area contributed by atoms with Crippen molar-refractivity contribution in [2.75, 3.05) is 12.4 Å². The Morgan fingerprint density at radius 3 is 2.16 bits per heavy atom. The number of methoxy groups -OCH3 is 1. The predicted molar refractivity (Wildman–Crippen MR) is 113 cm³/mol. The van der Waals surface area contributed by atoms with E-state index in [1.165, 1.54) is 25.5 Å². The number of carbonyl (C=O) groups is 1. The lowest BCUT2D eigenvalue weighted by Crippen LogP contribution is -2.13. The molecule has 1 heterocycles. The number of nitrogens with one attached hydrogen (secondary N) is 1. The highest BCUT2D eigenvalue weighted by Gasteiger charge is 2.30. The standard InChI is InChI=1S/C21H16ClF3N2O3S/c1-12-18(22)20(31-27-12)26-19(28)17(11-29-2)13-3-7-15(8-4-13)30-16-9-5-14(6-10-16)21(23,24)25/h3-11H,1-2H3,(H,26,28)/b17-11+. The summed E-state index contributed by atoms with van der Waals surface area (Å²) in [6, 6.07) is 10.8. The van der Waals surface area contributed by atoms with E-state index in [2.05, 4.69) is 9.69 Å². The second kappa shape index (κ2) is 9.40. The van der Waals surface area contributed by atoms with Gasteiger partial charge in [-0.15, -0.1) is 0 Å². The Balaban J connectivity index is 1.74. The first-order chi connectivity index (χ1) is 14.7. The zero-order valence-electron chi connectivity index (χ0n) is 16.3. The Morgan fingerprint density at radius 2 is 1.68 bits per heavy atom. The van der Waals surface area contributed by atoms with Crippen LogP contribution in [0.3, 0.4) is 0 Å². The quantitative estimate of drug-likeness (QED) is 0.329. The van der Waals surface area contributed by atoms with E-state index in [0.29, 0.717) is 27.0 Å². The van der Waals surface area contributed by atoms with Crippen LogP contribution in [-0.4, -0.2) is 17.4 Å². The summed E-state index contributed by atoms with van der Waals surface area (Å²) < 4.78 is 52.7. The van der Waals surface area contributed by atoms with E-state index in [1.807, 2.05) is 0 Å². The van der Waals surface area contributed by atoms with E-state index in [0.717, 1.165) is 23.7 Å². The third-order valence-corrected chi connectivity index (χ3v) is 5.51. The molecular formula is C21H16ClF3N2O3S. The van der Waals surface area contributed by atoms with Crippen molar-refractivity contribution in [1.29, 1.82) is 0 Å². The molecular weight excluding hydrogens is 453 g/mol. The number of alkyl halides is 3. The summed E-state index contributed by atoms with van der Waals surface area (Å²) in [5.74, 6) is 0.201. The molecule has 0 aliphatic carbocycles. The molecule has 0 saturated heterocycles.